The highest BCUT2D eigenvalue weighted by molar-refractivity contribution is 5.31. The number of rotatable bonds is 5. The van der Waals surface area contributed by atoms with Gasteiger partial charge in [-0.15, -0.1) is 0 Å². The molecule has 0 aliphatic heterocycles. The Bertz CT molecular complexity index is 307. The summed E-state index contributed by atoms with van der Waals surface area (Å²) in [5.41, 5.74) is -0.0904. The van der Waals surface area contributed by atoms with Gasteiger partial charge in [0.1, 0.15) is 5.75 Å². The zero-order valence-electron chi connectivity index (χ0n) is 9.23. The average Bonchev–Trinajstić information content (AvgIpc) is 2.26. The molecule has 0 spiro atoms. The van der Waals surface area contributed by atoms with Crippen LogP contribution in [0.25, 0.3) is 0 Å². The molecule has 0 radical (unpaired) electrons. The quantitative estimate of drug-likeness (QED) is 0.777. The summed E-state index contributed by atoms with van der Waals surface area (Å²) >= 11 is 0. The van der Waals surface area contributed by atoms with E-state index in [1.807, 2.05) is 24.3 Å². The fourth-order valence-electron chi connectivity index (χ4n) is 1.53. The number of aliphatic hydroxyl groups is 2. The third kappa shape index (κ3) is 3.22. The predicted octanol–water partition coefficient (Wildman–Crippen LogP) is 1.68. The van der Waals surface area contributed by atoms with Crippen LogP contribution in [0.15, 0.2) is 24.3 Å². The van der Waals surface area contributed by atoms with E-state index in [1.165, 1.54) is 0 Å². The summed E-state index contributed by atoms with van der Waals surface area (Å²) in [7, 11) is 1.60. The summed E-state index contributed by atoms with van der Waals surface area (Å²) < 4.78 is 5.09. The van der Waals surface area contributed by atoms with E-state index >= 15 is 0 Å². The lowest BCUT2D eigenvalue weighted by Gasteiger charge is -2.23. The van der Waals surface area contributed by atoms with Crippen LogP contribution in [0.1, 0.15) is 25.3 Å². The van der Waals surface area contributed by atoms with Crippen LogP contribution < -0.4 is 4.74 Å². The molecule has 0 heterocycles. The van der Waals surface area contributed by atoms with E-state index in [4.69, 9.17) is 9.84 Å². The van der Waals surface area contributed by atoms with Crippen LogP contribution in [0.2, 0.25) is 0 Å². The van der Waals surface area contributed by atoms with Crippen molar-refractivity contribution in [2.75, 3.05) is 13.7 Å². The van der Waals surface area contributed by atoms with Gasteiger partial charge in [-0.1, -0.05) is 12.1 Å². The average molecular weight is 210 g/mol. The molecule has 1 rings (SSSR count). The molecule has 1 atom stereocenters. The van der Waals surface area contributed by atoms with E-state index < -0.39 is 5.60 Å². The number of hydrogen-bond acceptors (Lipinski definition) is 3. The van der Waals surface area contributed by atoms with Gasteiger partial charge in [0.05, 0.1) is 12.7 Å². The number of aliphatic hydroxyl groups excluding tert-OH is 1. The third-order valence-electron chi connectivity index (χ3n) is 2.51. The first-order valence-corrected chi connectivity index (χ1v) is 5.08. The van der Waals surface area contributed by atoms with E-state index in [0.29, 0.717) is 12.8 Å². The van der Waals surface area contributed by atoms with Gasteiger partial charge in [-0.3, -0.25) is 0 Å². The summed E-state index contributed by atoms with van der Waals surface area (Å²) in [4.78, 5) is 0. The minimum absolute atomic E-state index is 0.0973. The normalized spacial score (nSPS) is 14.7. The molecule has 0 aliphatic rings. The Morgan fingerprint density at radius 2 is 2.13 bits per heavy atom. The first-order valence-electron chi connectivity index (χ1n) is 5.08. The maximum absolute atomic E-state index is 10.2. The van der Waals surface area contributed by atoms with Gasteiger partial charge >= 0.3 is 0 Å². The van der Waals surface area contributed by atoms with Crippen molar-refractivity contribution < 1.29 is 14.9 Å². The number of methoxy groups -OCH3 is 1. The maximum Gasteiger partial charge on any atom is 0.119 e. The summed E-state index contributed by atoms with van der Waals surface area (Å²) in [5, 5.41) is 18.9. The Morgan fingerprint density at radius 3 is 2.73 bits per heavy atom. The van der Waals surface area contributed by atoms with Gasteiger partial charge in [0.2, 0.25) is 0 Å². The van der Waals surface area contributed by atoms with Crippen molar-refractivity contribution in [3.8, 4) is 5.75 Å². The molecule has 84 valence electrons. The monoisotopic (exact) mass is 210 g/mol. The van der Waals surface area contributed by atoms with Crippen LogP contribution in [0.3, 0.4) is 0 Å². The second-order valence-corrected chi connectivity index (χ2v) is 3.83. The Labute approximate surface area is 90.3 Å². The second kappa shape index (κ2) is 5.14. The van der Waals surface area contributed by atoms with E-state index in [-0.39, 0.29) is 6.61 Å². The third-order valence-corrected chi connectivity index (χ3v) is 2.51. The molecular formula is C12H18O3. The fourth-order valence-corrected chi connectivity index (χ4v) is 1.53. The lowest BCUT2D eigenvalue weighted by molar-refractivity contribution is 0.0401. The van der Waals surface area contributed by atoms with Gasteiger partial charge in [0, 0.05) is 6.61 Å². The molecule has 0 saturated heterocycles. The van der Waals surface area contributed by atoms with Gasteiger partial charge < -0.3 is 14.9 Å². The highest BCUT2D eigenvalue weighted by Gasteiger charge is 2.22. The molecule has 3 heteroatoms. The minimum Gasteiger partial charge on any atom is -0.497 e. The van der Waals surface area contributed by atoms with Crippen LogP contribution in [0.5, 0.6) is 5.75 Å². The van der Waals surface area contributed by atoms with Crippen LogP contribution in [0, 0.1) is 0 Å². The van der Waals surface area contributed by atoms with Gasteiger partial charge in [0.15, 0.2) is 0 Å². The van der Waals surface area contributed by atoms with Crippen molar-refractivity contribution in [3.63, 3.8) is 0 Å². The van der Waals surface area contributed by atoms with Crippen LogP contribution in [0.4, 0.5) is 0 Å². The fraction of sp³-hybridized carbons (Fsp3) is 0.500. The zero-order valence-corrected chi connectivity index (χ0v) is 9.23. The summed E-state index contributed by atoms with van der Waals surface area (Å²) in [5.74, 6) is 0.733. The molecule has 1 aromatic rings. The molecule has 1 unspecified atom stereocenters. The molecule has 0 saturated carbocycles. The lowest BCUT2D eigenvalue weighted by Crippen LogP contribution is -2.21. The van der Waals surface area contributed by atoms with Crippen molar-refractivity contribution in [2.24, 2.45) is 0 Å². The molecule has 3 nitrogen and oxygen atoms in total. The van der Waals surface area contributed by atoms with E-state index in [2.05, 4.69) is 0 Å². The molecule has 0 fully saturated rings. The maximum atomic E-state index is 10.2. The van der Waals surface area contributed by atoms with Crippen LogP contribution >= 0.6 is 0 Å². The Morgan fingerprint density at radius 1 is 1.40 bits per heavy atom. The van der Waals surface area contributed by atoms with Crippen molar-refractivity contribution >= 4 is 0 Å². The molecule has 0 aromatic heterocycles. The highest BCUT2D eigenvalue weighted by atomic mass is 16.5. The van der Waals surface area contributed by atoms with Crippen molar-refractivity contribution in [1.82, 2.24) is 0 Å². The Kier molecular flexibility index (Phi) is 4.12. The molecule has 0 bridgehead atoms. The molecule has 0 amide bonds. The topological polar surface area (TPSA) is 49.7 Å². The lowest BCUT2D eigenvalue weighted by atomic mass is 9.91. The van der Waals surface area contributed by atoms with Gasteiger partial charge in [-0.2, -0.15) is 0 Å². The van der Waals surface area contributed by atoms with E-state index in [0.717, 1.165) is 11.3 Å². The van der Waals surface area contributed by atoms with Crippen LogP contribution in [-0.4, -0.2) is 23.9 Å². The SMILES string of the molecule is COc1cccc(C(C)(O)CCCO)c1. The number of benzene rings is 1. The number of ether oxygens (including phenoxy) is 1. The van der Waals surface area contributed by atoms with E-state index in [9.17, 15) is 5.11 Å². The second-order valence-electron chi connectivity index (χ2n) is 3.83. The standard InChI is InChI=1S/C12H18O3/c1-12(14,7-4-8-13)10-5-3-6-11(9-10)15-2/h3,5-6,9,13-14H,4,7-8H2,1-2H3. The van der Waals surface area contributed by atoms with Crippen LogP contribution in [-0.2, 0) is 5.60 Å². The van der Waals surface area contributed by atoms with Crippen molar-refractivity contribution in [2.45, 2.75) is 25.4 Å². The summed E-state index contributed by atoms with van der Waals surface area (Å²) in [6, 6.07) is 7.37. The first-order chi connectivity index (χ1) is 7.10. The largest absolute Gasteiger partial charge is 0.497 e. The smallest absolute Gasteiger partial charge is 0.119 e. The minimum atomic E-state index is -0.905. The zero-order chi connectivity index (χ0) is 11.3. The van der Waals surface area contributed by atoms with Crippen molar-refractivity contribution in [3.05, 3.63) is 29.8 Å². The molecule has 1 aromatic carbocycles. The van der Waals surface area contributed by atoms with Gasteiger partial charge in [-0.25, -0.2) is 0 Å². The Hall–Kier alpha value is -1.06. The number of hydrogen-bond donors (Lipinski definition) is 2. The Balaban J connectivity index is 2.83. The first kappa shape index (κ1) is 12.0. The van der Waals surface area contributed by atoms with Gasteiger partial charge in [-0.05, 0) is 37.5 Å². The highest BCUT2D eigenvalue weighted by Crippen LogP contribution is 2.28. The predicted molar refractivity (Wildman–Crippen MR) is 58.9 cm³/mol. The molecular weight excluding hydrogens is 192 g/mol. The molecule has 2 N–H and O–H groups in total. The summed E-state index contributed by atoms with van der Waals surface area (Å²) in [6.45, 7) is 1.84. The van der Waals surface area contributed by atoms with Gasteiger partial charge in [0.25, 0.3) is 0 Å². The molecule has 15 heavy (non-hydrogen) atoms. The molecule has 0 aliphatic carbocycles. The van der Waals surface area contributed by atoms with E-state index in [1.54, 1.807) is 14.0 Å². The summed E-state index contributed by atoms with van der Waals surface area (Å²) in [6.07, 6.45) is 1.13. The van der Waals surface area contributed by atoms with Crippen molar-refractivity contribution in [1.29, 1.82) is 0 Å².